The van der Waals surface area contributed by atoms with Crippen LogP contribution in [0, 0.1) is 12.3 Å². The zero-order valence-corrected chi connectivity index (χ0v) is 21.9. The molecule has 2 amide bonds. The van der Waals surface area contributed by atoms with E-state index in [-0.39, 0.29) is 9.79 Å². The molecule has 10 nitrogen and oxygen atoms in total. The minimum atomic E-state index is -3.82. The number of aromatic amines is 1. The van der Waals surface area contributed by atoms with Gasteiger partial charge in [0.15, 0.2) is 5.82 Å². The van der Waals surface area contributed by atoms with Crippen molar-refractivity contribution in [1.82, 2.24) is 25.9 Å². The molecule has 13 heteroatoms. The molecule has 0 atom stereocenters. The molecule has 0 aliphatic rings. The van der Waals surface area contributed by atoms with Crippen LogP contribution >= 0.6 is 23.1 Å². The summed E-state index contributed by atoms with van der Waals surface area (Å²) in [6.07, 6.45) is 3.39. The molecule has 0 spiro atoms. The van der Waals surface area contributed by atoms with Crippen molar-refractivity contribution in [1.29, 1.82) is 5.41 Å². The highest BCUT2D eigenvalue weighted by Crippen LogP contribution is 2.38. The number of aromatic nitrogens is 4. The number of tetrazole rings is 1. The van der Waals surface area contributed by atoms with E-state index in [0.29, 0.717) is 39.1 Å². The van der Waals surface area contributed by atoms with Crippen LogP contribution in [-0.4, -0.2) is 54.1 Å². The van der Waals surface area contributed by atoms with Crippen molar-refractivity contribution in [3.05, 3.63) is 64.8 Å². The van der Waals surface area contributed by atoms with Crippen LogP contribution in [0.5, 0.6) is 0 Å². The summed E-state index contributed by atoms with van der Waals surface area (Å²) in [6, 6.07) is 13.3. The van der Waals surface area contributed by atoms with Gasteiger partial charge in [-0.2, -0.15) is 5.21 Å². The average molecular weight is 542 g/mol. The highest BCUT2D eigenvalue weighted by atomic mass is 32.2. The van der Waals surface area contributed by atoms with Crippen molar-refractivity contribution in [2.24, 2.45) is 0 Å². The molecule has 2 heterocycles. The number of carbonyl (C=O) groups excluding carboxylic acids is 1. The summed E-state index contributed by atoms with van der Waals surface area (Å²) >= 11 is 2.61. The van der Waals surface area contributed by atoms with Gasteiger partial charge in [0.05, 0.1) is 19.7 Å². The standard InChI is InChI=1S/C23H23N7O3S3/c1-14-5-3-8-18(26-23(31)25-10-9-20-27-29-30-28-20)21(14)15-6-4-7-17(11-15)36(32,33)19-12-16(13-24)35-22(19)34-2/h3-8,11-13,24H,9-10H2,1-2H3,(H2,25,26,31)(H,27,28,29,30). The van der Waals surface area contributed by atoms with Crippen LogP contribution in [0.3, 0.4) is 0 Å². The van der Waals surface area contributed by atoms with E-state index in [9.17, 15) is 13.2 Å². The number of anilines is 1. The zero-order chi connectivity index (χ0) is 25.7. The van der Waals surface area contributed by atoms with E-state index in [4.69, 9.17) is 5.41 Å². The molecule has 2 aromatic heterocycles. The fourth-order valence-electron chi connectivity index (χ4n) is 3.62. The maximum absolute atomic E-state index is 13.5. The van der Waals surface area contributed by atoms with Crippen molar-refractivity contribution < 1.29 is 13.2 Å². The van der Waals surface area contributed by atoms with Crippen LogP contribution in [-0.2, 0) is 16.3 Å². The molecule has 0 fully saturated rings. The zero-order valence-electron chi connectivity index (χ0n) is 19.4. The Kier molecular flexibility index (Phi) is 7.82. The smallest absolute Gasteiger partial charge is 0.319 e. The van der Waals surface area contributed by atoms with Crippen LogP contribution in [0.4, 0.5) is 10.5 Å². The van der Waals surface area contributed by atoms with Gasteiger partial charge < -0.3 is 16.0 Å². The first kappa shape index (κ1) is 25.5. The lowest BCUT2D eigenvalue weighted by atomic mass is 9.98. The number of urea groups is 1. The van der Waals surface area contributed by atoms with Crippen molar-refractivity contribution >= 4 is 50.9 Å². The Balaban J connectivity index is 1.62. The number of nitrogens with one attached hydrogen (secondary N) is 4. The molecule has 0 radical (unpaired) electrons. The fraction of sp³-hybridized carbons (Fsp3) is 0.174. The van der Waals surface area contributed by atoms with Crippen LogP contribution in [0.2, 0.25) is 0 Å². The Labute approximate surface area is 216 Å². The van der Waals surface area contributed by atoms with Crippen molar-refractivity contribution in [2.75, 3.05) is 18.1 Å². The molecule has 2 aromatic carbocycles. The lowest BCUT2D eigenvalue weighted by molar-refractivity contribution is 0.252. The van der Waals surface area contributed by atoms with Gasteiger partial charge >= 0.3 is 6.03 Å². The van der Waals surface area contributed by atoms with Crippen LogP contribution < -0.4 is 10.6 Å². The number of aryl methyl sites for hydroxylation is 1. The SMILES string of the molecule is CSc1sc(C=N)cc1S(=O)(=O)c1cccc(-c2c(C)cccc2NC(=O)NCCc2nn[nH]n2)c1. The van der Waals surface area contributed by atoms with E-state index in [1.807, 2.05) is 31.4 Å². The molecular formula is C23H23N7O3S3. The number of hydrogen-bond acceptors (Lipinski definition) is 9. The van der Waals surface area contributed by atoms with Crippen molar-refractivity contribution in [3.63, 3.8) is 0 Å². The van der Waals surface area contributed by atoms with E-state index in [2.05, 4.69) is 31.3 Å². The highest BCUT2D eigenvalue weighted by Gasteiger charge is 2.25. The third-order valence-corrected chi connectivity index (χ3v) is 9.53. The fourth-order valence-corrected chi connectivity index (χ4v) is 7.51. The molecule has 0 bridgehead atoms. The number of sulfone groups is 1. The Morgan fingerprint density at radius 2 is 2.03 bits per heavy atom. The third kappa shape index (κ3) is 5.48. The predicted molar refractivity (Wildman–Crippen MR) is 141 cm³/mol. The van der Waals surface area contributed by atoms with Gasteiger partial charge in [-0.15, -0.1) is 33.3 Å². The molecule has 36 heavy (non-hydrogen) atoms. The number of amides is 2. The summed E-state index contributed by atoms with van der Waals surface area (Å²) in [7, 11) is -3.82. The van der Waals surface area contributed by atoms with E-state index >= 15 is 0 Å². The van der Waals surface area contributed by atoms with E-state index in [1.165, 1.54) is 29.2 Å². The van der Waals surface area contributed by atoms with Crippen molar-refractivity contribution in [2.45, 2.75) is 27.3 Å². The monoisotopic (exact) mass is 541 g/mol. The summed E-state index contributed by atoms with van der Waals surface area (Å²) < 4.78 is 27.7. The quantitative estimate of drug-likeness (QED) is 0.183. The summed E-state index contributed by atoms with van der Waals surface area (Å²) in [6.45, 7) is 2.22. The second-order valence-corrected chi connectivity index (χ2v) is 11.7. The molecule has 0 unspecified atom stereocenters. The largest absolute Gasteiger partial charge is 0.337 e. The highest BCUT2D eigenvalue weighted by molar-refractivity contribution is 8.01. The van der Waals surface area contributed by atoms with E-state index in [0.717, 1.165) is 17.3 Å². The molecule has 4 N–H and O–H groups in total. The maximum atomic E-state index is 13.5. The molecule has 186 valence electrons. The lowest BCUT2D eigenvalue weighted by Crippen LogP contribution is -2.30. The molecular weight excluding hydrogens is 519 g/mol. The van der Waals surface area contributed by atoms with E-state index in [1.54, 1.807) is 24.3 Å². The number of hydrogen-bond donors (Lipinski definition) is 4. The third-order valence-electron chi connectivity index (χ3n) is 5.28. The number of carbonyl (C=O) groups is 1. The maximum Gasteiger partial charge on any atom is 0.319 e. The second-order valence-electron chi connectivity index (χ2n) is 7.64. The molecule has 0 saturated heterocycles. The van der Waals surface area contributed by atoms with Gasteiger partial charge in [0.25, 0.3) is 0 Å². The van der Waals surface area contributed by atoms with Gasteiger partial charge in [-0.05, 0) is 48.6 Å². The number of thiophene rings is 1. The van der Waals surface area contributed by atoms with Crippen LogP contribution in [0.25, 0.3) is 11.1 Å². The van der Waals surface area contributed by atoms with Gasteiger partial charge in [-0.3, -0.25) is 0 Å². The van der Waals surface area contributed by atoms with Gasteiger partial charge in [0, 0.05) is 29.6 Å². The Bertz CT molecular complexity index is 1500. The summed E-state index contributed by atoms with van der Waals surface area (Å²) in [4.78, 5) is 13.5. The predicted octanol–water partition coefficient (Wildman–Crippen LogP) is 4.15. The number of rotatable bonds is 9. The summed E-state index contributed by atoms with van der Waals surface area (Å²) in [5.41, 5.74) is 2.80. The lowest BCUT2D eigenvalue weighted by Gasteiger charge is -2.15. The first-order valence-electron chi connectivity index (χ1n) is 10.7. The topological polar surface area (TPSA) is 154 Å². The normalized spacial score (nSPS) is 11.3. The number of thioether (sulfide) groups is 1. The van der Waals surface area contributed by atoms with Gasteiger partial charge in [-0.1, -0.05) is 29.5 Å². The Morgan fingerprint density at radius 1 is 1.22 bits per heavy atom. The minimum absolute atomic E-state index is 0.142. The van der Waals surface area contributed by atoms with Crippen LogP contribution in [0.15, 0.2) is 62.5 Å². The second kappa shape index (κ2) is 11.0. The first-order chi connectivity index (χ1) is 17.3. The van der Waals surface area contributed by atoms with E-state index < -0.39 is 15.9 Å². The number of benzene rings is 2. The molecule has 4 rings (SSSR count). The number of H-pyrrole nitrogens is 1. The van der Waals surface area contributed by atoms with Gasteiger partial charge in [-0.25, -0.2) is 13.2 Å². The Hall–Kier alpha value is -3.55. The van der Waals surface area contributed by atoms with Gasteiger partial charge in [0.2, 0.25) is 9.84 Å². The summed E-state index contributed by atoms with van der Waals surface area (Å²) in [5.74, 6) is 0.493. The van der Waals surface area contributed by atoms with Crippen molar-refractivity contribution in [3.8, 4) is 11.1 Å². The Morgan fingerprint density at radius 3 is 2.75 bits per heavy atom. The summed E-state index contributed by atoms with van der Waals surface area (Å²) in [5, 5.41) is 26.7. The number of nitrogens with zero attached hydrogens (tertiary/aromatic N) is 3. The first-order valence-corrected chi connectivity index (χ1v) is 14.3. The van der Waals surface area contributed by atoms with Gasteiger partial charge in [0.1, 0.15) is 0 Å². The molecule has 4 aromatic rings. The average Bonchev–Trinajstić information content (AvgIpc) is 3.54. The van der Waals surface area contributed by atoms with Crippen LogP contribution in [0.1, 0.15) is 16.3 Å². The molecule has 0 aliphatic heterocycles. The molecule has 0 aliphatic carbocycles. The minimum Gasteiger partial charge on any atom is -0.337 e. The molecule has 0 saturated carbocycles.